The van der Waals surface area contributed by atoms with Gasteiger partial charge in [0, 0.05) is 12.1 Å². The fraction of sp³-hybridized carbons (Fsp3) is 0.375. The van der Waals surface area contributed by atoms with Crippen LogP contribution in [0.15, 0.2) is 11.0 Å². The largest absolute Gasteiger partial charge is 0.384 e. The molecule has 0 atom stereocenters. The van der Waals surface area contributed by atoms with Crippen molar-refractivity contribution in [2.75, 3.05) is 5.73 Å². The third-order valence-electron chi connectivity index (χ3n) is 1.63. The Morgan fingerprint density at radius 2 is 2.23 bits per heavy atom. The molecule has 0 saturated heterocycles. The molecule has 0 unspecified atom stereocenters. The normalized spacial score (nSPS) is 10.4. The molecule has 0 amide bonds. The van der Waals surface area contributed by atoms with Crippen LogP contribution in [0, 0.1) is 5.92 Å². The molecule has 0 fully saturated rings. The number of nitrogen functional groups attached to an aromatic ring is 1. The highest BCUT2D eigenvalue weighted by Crippen LogP contribution is 2.10. The Morgan fingerprint density at radius 1 is 1.62 bits per heavy atom. The SMILES string of the molecule is CC(C)C(=O)c1cnc(=O)[nH]c1N. The fourth-order valence-corrected chi connectivity index (χ4v) is 0.915. The van der Waals surface area contributed by atoms with Crippen LogP contribution in [0.25, 0.3) is 0 Å². The minimum atomic E-state index is -0.544. The van der Waals surface area contributed by atoms with Crippen LogP contribution in [0.3, 0.4) is 0 Å². The lowest BCUT2D eigenvalue weighted by Gasteiger charge is -2.04. The van der Waals surface area contributed by atoms with Crippen LogP contribution in [-0.4, -0.2) is 15.8 Å². The highest BCUT2D eigenvalue weighted by Gasteiger charge is 2.14. The highest BCUT2D eigenvalue weighted by atomic mass is 16.1. The number of nitrogens with two attached hydrogens (primary N) is 1. The maximum Gasteiger partial charge on any atom is 0.346 e. The van der Waals surface area contributed by atoms with Crippen LogP contribution in [-0.2, 0) is 0 Å². The number of aromatic nitrogens is 2. The van der Waals surface area contributed by atoms with Gasteiger partial charge in [-0.25, -0.2) is 9.78 Å². The van der Waals surface area contributed by atoms with Gasteiger partial charge in [0.15, 0.2) is 5.78 Å². The van der Waals surface area contributed by atoms with Gasteiger partial charge in [0.25, 0.3) is 0 Å². The fourth-order valence-electron chi connectivity index (χ4n) is 0.915. The topological polar surface area (TPSA) is 88.8 Å². The summed E-state index contributed by atoms with van der Waals surface area (Å²) in [6.07, 6.45) is 1.20. The molecule has 0 radical (unpaired) electrons. The number of H-pyrrole nitrogens is 1. The molecule has 1 aromatic heterocycles. The minimum absolute atomic E-state index is 0.0821. The molecular weight excluding hydrogens is 170 g/mol. The zero-order valence-corrected chi connectivity index (χ0v) is 7.50. The Labute approximate surface area is 75.0 Å². The molecule has 13 heavy (non-hydrogen) atoms. The average molecular weight is 181 g/mol. The molecule has 1 heterocycles. The molecule has 3 N–H and O–H groups in total. The molecule has 1 aromatic rings. The molecule has 5 heteroatoms. The van der Waals surface area contributed by atoms with E-state index in [0.717, 1.165) is 0 Å². The van der Waals surface area contributed by atoms with E-state index in [0.29, 0.717) is 0 Å². The van der Waals surface area contributed by atoms with Gasteiger partial charge in [0.1, 0.15) is 5.82 Å². The maximum atomic E-state index is 11.4. The van der Waals surface area contributed by atoms with Gasteiger partial charge >= 0.3 is 5.69 Å². The number of aromatic amines is 1. The predicted octanol–water partition coefficient (Wildman–Crippen LogP) is 0.191. The maximum absolute atomic E-state index is 11.4. The van der Waals surface area contributed by atoms with Crippen molar-refractivity contribution in [2.45, 2.75) is 13.8 Å². The molecule has 0 saturated carbocycles. The number of hydrogen-bond donors (Lipinski definition) is 2. The monoisotopic (exact) mass is 181 g/mol. The van der Waals surface area contributed by atoms with E-state index >= 15 is 0 Å². The molecule has 0 bridgehead atoms. The Kier molecular flexibility index (Phi) is 2.46. The number of carbonyl (C=O) groups excluding carboxylic acids is 1. The van der Waals surface area contributed by atoms with Gasteiger partial charge in [-0.2, -0.15) is 0 Å². The second kappa shape index (κ2) is 3.38. The first kappa shape index (κ1) is 9.44. The lowest BCUT2D eigenvalue weighted by molar-refractivity contribution is 0.0939. The van der Waals surface area contributed by atoms with Crippen LogP contribution in [0.5, 0.6) is 0 Å². The number of nitrogens with zero attached hydrogens (tertiary/aromatic N) is 1. The number of anilines is 1. The summed E-state index contributed by atoms with van der Waals surface area (Å²) in [6.45, 7) is 3.51. The second-order valence-electron chi connectivity index (χ2n) is 3.03. The molecule has 70 valence electrons. The number of ketones is 1. The van der Waals surface area contributed by atoms with Gasteiger partial charge in [0.2, 0.25) is 0 Å². The van der Waals surface area contributed by atoms with E-state index < -0.39 is 5.69 Å². The van der Waals surface area contributed by atoms with Gasteiger partial charge in [-0.3, -0.25) is 9.78 Å². The van der Waals surface area contributed by atoms with E-state index in [9.17, 15) is 9.59 Å². The molecule has 5 nitrogen and oxygen atoms in total. The first-order valence-corrected chi connectivity index (χ1v) is 3.91. The van der Waals surface area contributed by atoms with Crippen molar-refractivity contribution < 1.29 is 4.79 Å². The first-order chi connectivity index (χ1) is 6.02. The number of rotatable bonds is 2. The summed E-state index contributed by atoms with van der Waals surface area (Å²) in [7, 11) is 0. The van der Waals surface area contributed by atoms with Gasteiger partial charge in [0.05, 0.1) is 5.56 Å². The van der Waals surface area contributed by atoms with Gasteiger partial charge in [-0.1, -0.05) is 13.8 Å². The first-order valence-electron chi connectivity index (χ1n) is 3.91. The van der Waals surface area contributed by atoms with Crippen LogP contribution in [0.1, 0.15) is 24.2 Å². The van der Waals surface area contributed by atoms with E-state index in [-0.39, 0.29) is 23.1 Å². The number of Topliss-reactive ketones (excluding diaryl/α,β-unsaturated/α-hetero) is 1. The smallest absolute Gasteiger partial charge is 0.346 e. The van der Waals surface area contributed by atoms with Crippen molar-refractivity contribution in [3.63, 3.8) is 0 Å². The third-order valence-corrected chi connectivity index (χ3v) is 1.63. The quantitative estimate of drug-likeness (QED) is 0.637. The summed E-state index contributed by atoms with van der Waals surface area (Å²) in [4.78, 5) is 27.8. The van der Waals surface area contributed by atoms with Crippen LogP contribution in [0.2, 0.25) is 0 Å². The van der Waals surface area contributed by atoms with E-state index in [2.05, 4.69) is 9.97 Å². The van der Waals surface area contributed by atoms with Crippen LogP contribution in [0.4, 0.5) is 5.82 Å². The summed E-state index contributed by atoms with van der Waals surface area (Å²) in [5.74, 6) is -0.199. The van der Waals surface area contributed by atoms with Gasteiger partial charge in [-0.15, -0.1) is 0 Å². The van der Waals surface area contributed by atoms with Crippen molar-refractivity contribution in [2.24, 2.45) is 5.92 Å². The minimum Gasteiger partial charge on any atom is -0.384 e. The summed E-state index contributed by atoms with van der Waals surface area (Å²) < 4.78 is 0. The summed E-state index contributed by atoms with van der Waals surface area (Å²) in [5, 5.41) is 0. The second-order valence-corrected chi connectivity index (χ2v) is 3.03. The van der Waals surface area contributed by atoms with Gasteiger partial charge < -0.3 is 5.73 Å². The lowest BCUT2D eigenvalue weighted by atomic mass is 10.0. The summed E-state index contributed by atoms with van der Waals surface area (Å²) in [6, 6.07) is 0. The zero-order valence-electron chi connectivity index (χ0n) is 7.50. The molecular formula is C8H11N3O2. The van der Waals surface area contributed by atoms with Crippen molar-refractivity contribution in [1.82, 2.24) is 9.97 Å². The van der Waals surface area contributed by atoms with Crippen LogP contribution < -0.4 is 11.4 Å². The molecule has 0 aromatic carbocycles. The predicted molar refractivity (Wildman–Crippen MR) is 48.4 cm³/mol. The lowest BCUT2D eigenvalue weighted by Crippen LogP contribution is -2.18. The number of hydrogen-bond acceptors (Lipinski definition) is 4. The number of carbonyl (C=O) groups is 1. The Bertz CT molecular complexity index is 381. The van der Waals surface area contributed by atoms with Gasteiger partial charge in [-0.05, 0) is 0 Å². The molecule has 0 aliphatic heterocycles. The Balaban J connectivity index is 3.16. The summed E-state index contributed by atoms with van der Waals surface area (Å²) >= 11 is 0. The van der Waals surface area contributed by atoms with E-state index in [1.165, 1.54) is 6.20 Å². The van der Waals surface area contributed by atoms with E-state index in [1.807, 2.05) is 0 Å². The highest BCUT2D eigenvalue weighted by molar-refractivity contribution is 6.00. The van der Waals surface area contributed by atoms with E-state index in [4.69, 9.17) is 5.73 Å². The Morgan fingerprint density at radius 3 is 2.69 bits per heavy atom. The summed E-state index contributed by atoms with van der Waals surface area (Å²) in [5.41, 5.74) is 5.17. The van der Waals surface area contributed by atoms with Crippen molar-refractivity contribution in [3.05, 3.63) is 22.2 Å². The van der Waals surface area contributed by atoms with Crippen LogP contribution >= 0.6 is 0 Å². The average Bonchev–Trinajstić information content (AvgIpc) is 2.03. The third kappa shape index (κ3) is 1.93. The van der Waals surface area contributed by atoms with E-state index in [1.54, 1.807) is 13.8 Å². The molecule has 0 aliphatic rings. The van der Waals surface area contributed by atoms with Crippen molar-refractivity contribution >= 4 is 11.6 Å². The standard InChI is InChI=1S/C8H11N3O2/c1-4(2)6(12)5-3-10-8(13)11-7(5)9/h3-4H,1-2H3,(H3,9,10,11,13). The molecule has 1 rings (SSSR count). The Hall–Kier alpha value is -1.65. The molecule has 0 aliphatic carbocycles. The molecule has 0 spiro atoms. The number of nitrogens with one attached hydrogen (secondary N) is 1. The zero-order chi connectivity index (χ0) is 10.0. The van der Waals surface area contributed by atoms with Crippen molar-refractivity contribution in [1.29, 1.82) is 0 Å². The van der Waals surface area contributed by atoms with Crippen molar-refractivity contribution in [3.8, 4) is 0 Å².